The molecule has 0 fully saturated rings. The van der Waals surface area contributed by atoms with Crippen LogP contribution in [0.4, 0.5) is 0 Å². The zero-order valence-corrected chi connectivity index (χ0v) is 20.4. The second-order valence-electron chi connectivity index (χ2n) is 7.86. The quantitative estimate of drug-likeness (QED) is 0.277. The van der Waals surface area contributed by atoms with Crippen LogP contribution in [0, 0.1) is 0 Å². The van der Waals surface area contributed by atoms with Gasteiger partial charge in [0.2, 0.25) is 14.7 Å². The average molecular weight is 411 g/mol. The Morgan fingerprint density at radius 3 is 1.35 bits per heavy atom. The minimum atomic E-state index is -2.71. The van der Waals surface area contributed by atoms with E-state index in [0.29, 0.717) is 13.0 Å². The monoisotopic (exact) mass is 410 g/mol. The van der Waals surface area contributed by atoms with Gasteiger partial charge in [-0.1, -0.05) is 55.4 Å². The molecule has 5 atom stereocenters. The summed E-state index contributed by atoms with van der Waals surface area (Å²) in [7, 11) is -5.40. The predicted octanol–water partition coefficient (Wildman–Crippen LogP) is 7.55. The van der Waals surface area contributed by atoms with Crippen molar-refractivity contribution in [2.24, 2.45) is 0 Å². The molecule has 158 valence electrons. The lowest BCUT2D eigenvalue weighted by atomic mass is 10.3. The Bertz CT molecular complexity index is 452. The summed E-state index contributed by atoms with van der Waals surface area (Å²) in [6.45, 7) is 18.7. The van der Waals surface area contributed by atoms with E-state index >= 15 is 0 Å². The summed E-state index contributed by atoms with van der Waals surface area (Å²) in [5, 5.41) is 0. The average Bonchev–Trinajstić information content (AvgIpc) is 2.64. The molecule has 0 bridgehead atoms. The van der Waals surface area contributed by atoms with Gasteiger partial charge in [-0.2, -0.15) is 0 Å². The van der Waals surface area contributed by atoms with Gasteiger partial charge < -0.3 is 9.05 Å². The van der Waals surface area contributed by atoms with E-state index < -0.39 is 14.7 Å². The Morgan fingerprint density at radius 1 is 0.654 bits per heavy atom. The molecule has 0 aromatic rings. The van der Waals surface area contributed by atoms with Crippen LogP contribution in [0.5, 0.6) is 0 Å². The summed E-state index contributed by atoms with van der Waals surface area (Å²) in [6, 6.07) is 0. The van der Waals surface area contributed by atoms with Crippen molar-refractivity contribution in [3.8, 4) is 0 Å². The van der Waals surface area contributed by atoms with Crippen molar-refractivity contribution in [2.45, 2.75) is 123 Å². The van der Waals surface area contributed by atoms with E-state index in [0.717, 1.165) is 25.7 Å². The fraction of sp³-hybridized carbons (Fsp3) is 1.00. The first kappa shape index (κ1) is 26.4. The molecular weight excluding hydrogens is 366 g/mol. The van der Waals surface area contributed by atoms with Crippen LogP contribution in [-0.4, -0.2) is 35.3 Å². The van der Waals surface area contributed by atoms with Gasteiger partial charge in [-0.3, -0.25) is 9.13 Å². The third-order valence-corrected chi connectivity index (χ3v) is 13.6. The Hall–Kier alpha value is 0.380. The Balaban J connectivity index is 4.94. The fourth-order valence-corrected chi connectivity index (χ4v) is 8.80. The molecule has 0 heterocycles. The van der Waals surface area contributed by atoms with Crippen LogP contribution in [0.15, 0.2) is 0 Å². The van der Waals surface area contributed by atoms with Crippen molar-refractivity contribution in [3.05, 3.63) is 0 Å². The molecule has 6 heteroatoms. The molecule has 26 heavy (non-hydrogen) atoms. The van der Waals surface area contributed by atoms with Crippen LogP contribution >= 0.6 is 14.7 Å². The molecule has 0 aromatic carbocycles. The lowest BCUT2D eigenvalue weighted by Gasteiger charge is -2.32. The van der Waals surface area contributed by atoms with Crippen LogP contribution in [0.3, 0.4) is 0 Å². The highest BCUT2D eigenvalue weighted by Crippen LogP contribution is 2.60. The standard InChI is InChI=1S/C20H44O4P2/c1-10-17(6)25(21,18(7)11-2)23-15-14-16(5)24-26(22,19(8)12-3)20(9)13-4/h16-20H,10-15H2,1-9H3. The van der Waals surface area contributed by atoms with E-state index in [2.05, 4.69) is 27.7 Å². The maximum Gasteiger partial charge on any atom is 0.208 e. The van der Waals surface area contributed by atoms with Crippen molar-refractivity contribution >= 4 is 14.7 Å². The van der Waals surface area contributed by atoms with E-state index in [9.17, 15) is 9.13 Å². The molecule has 0 aliphatic carbocycles. The van der Waals surface area contributed by atoms with Crippen LogP contribution in [0.2, 0.25) is 0 Å². The normalized spacial score (nSPS) is 22.7. The molecule has 0 N–H and O–H groups in total. The zero-order valence-electron chi connectivity index (χ0n) is 18.7. The Morgan fingerprint density at radius 2 is 1.00 bits per heavy atom. The maximum atomic E-state index is 13.4. The van der Waals surface area contributed by atoms with Crippen LogP contribution in [-0.2, 0) is 18.2 Å². The van der Waals surface area contributed by atoms with Crippen LogP contribution < -0.4 is 0 Å². The first-order chi connectivity index (χ1) is 12.0. The molecular formula is C20H44O4P2. The SMILES string of the molecule is CCC(C)P(=O)(OCCC(C)OP(=O)(C(C)CC)C(C)CC)C(C)CC. The molecule has 5 unspecified atom stereocenters. The highest BCUT2D eigenvalue weighted by molar-refractivity contribution is 7.60. The van der Waals surface area contributed by atoms with Crippen LogP contribution in [0.25, 0.3) is 0 Å². The number of hydrogen-bond acceptors (Lipinski definition) is 4. The summed E-state index contributed by atoms with van der Waals surface area (Å²) in [6.07, 6.45) is 3.86. The lowest BCUT2D eigenvalue weighted by Crippen LogP contribution is -2.21. The summed E-state index contributed by atoms with van der Waals surface area (Å²) < 4.78 is 38.9. The summed E-state index contributed by atoms with van der Waals surface area (Å²) in [4.78, 5) is 0. The minimum absolute atomic E-state index is 0.0622. The van der Waals surface area contributed by atoms with E-state index in [1.165, 1.54) is 0 Å². The molecule has 0 aromatic heterocycles. The summed E-state index contributed by atoms with van der Waals surface area (Å²) in [5.41, 5.74) is 0.263. The largest absolute Gasteiger partial charge is 0.328 e. The third kappa shape index (κ3) is 6.77. The van der Waals surface area contributed by atoms with Gasteiger partial charge in [-0.25, -0.2) is 0 Å². The second-order valence-corrected chi connectivity index (χ2v) is 14.4. The molecule has 0 rings (SSSR count). The first-order valence-electron chi connectivity index (χ1n) is 10.5. The molecule has 0 aliphatic rings. The lowest BCUT2D eigenvalue weighted by molar-refractivity contribution is 0.173. The van der Waals surface area contributed by atoms with Gasteiger partial charge in [0.1, 0.15) is 0 Å². The van der Waals surface area contributed by atoms with Gasteiger partial charge in [-0.05, 0) is 39.0 Å². The second kappa shape index (κ2) is 12.1. The van der Waals surface area contributed by atoms with E-state index in [1.807, 2.05) is 34.6 Å². The van der Waals surface area contributed by atoms with Gasteiger partial charge in [0.25, 0.3) is 0 Å². The topological polar surface area (TPSA) is 52.6 Å². The molecule has 0 radical (unpaired) electrons. The maximum absolute atomic E-state index is 13.4. The molecule has 0 saturated heterocycles. The molecule has 0 saturated carbocycles. The highest BCUT2D eigenvalue weighted by atomic mass is 31.2. The van der Waals surface area contributed by atoms with Gasteiger partial charge in [0.15, 0.2) is 0 Å². The minimum Gasteiger partial charge on any atom is -0.328 e. The van der Waals surface area contributed by atoms with Gasteiger partial charge in [-0.15, -0.1) is 0 Å². The van der Waals surface area contributed by atoms with Gasteiger partial charge in [0.05, 0.1) is 12.7 Å². The molecule has 0 spiro atoms. The zero-order chi connectivity index (χ0) is 20.5. The molecule has 0 amide bonds. The van der Waals surface area contributed by atoms with Crippen LogP contribution in [0.1, 0.15) is 94.4 Å². The Labute approximate surface area is 163 Å². The van der Waals surface area contributed by atoms with E-state index in [-0.39, 0.29) is 28.7 Å². The van der Waals surface area contributed by atoms with Crippen molar-refractivity contribution < 1.29 is 18.2 Å². The number of hydrogen-bond donors (Lipinski definition) is 0. The van der Waals surface area contributed by atoms with Gasteiger partial charge in [0, 0.05) is 22.6 Å². The Kier molecular flexibility index (Phi) is 12.2. The first-order valence-corrected chi connectivity index (χ1v) is 14.1. The predicted molar refractivity (Wildman–Crippen MR) is 115 cm³/mol. The van der Waals surface area contributed by atoms with Crippen molar-refractivity contribution in [1.82, 2.24) is 0 Å². The summed E-state index contributed by atoms with van der Waals surface area (Å²) in [5.74, 6) is 0. The smallest absolute Gasteiger partial charge is 0.208 e. The van der Waals surface area contributed by atoms with E-state index in [1.54, 1.807) is 0 Å². The van der Waals surface area contributed by atoms with Crippen molar-refractivity contribution in [1.29, 1.82) is 0 Å². The van der Waals surface area contributed by atoms with E-state index in [4.69, 9.17) is 9.05 Å². The molecule has 0 aliphatic heterocycles. The van der Waals surface area contributed by atoms with Crippen molar-refractivity contribution in [2.75, 3.05) is 6.61 Å². The summed E-state index contributed by atoms with van der Waals surface area (Å²) >= 11 is 0. The fourth-order valence-electron chi connectivity index (χ4n) is 3.04. The van der Waals surface area contributed by atoms with Crippen molar-refractivity contribution in [3.63, 3.8) is 0 Å². The highest BCUT2D eigenvalue weighted by Gasteiger charge is 2.37. The molecule has 4 nitrogen and oxygen atoms in total. The number of rotatable bonds is 14. The van der Waals surface area contributed by atoms with Gasteiger partial charge >= 0.3 is 0 Å². The third-order valence-electron chi connectivity index (χ3n) is 5.98.